The fraction of sp³-hybridized carbons (Fsp3) is 0.364. The molecule has 0 radical (unpaired) electrons. The van der Waals surface area contributed by atoms with Crippen LogP contribution in [0.5, 0.6) is 5.75 Å². The van der Waals surface area contributed by atoms with Crippen LogP contribution < -0.4 is 4.74 Å². The molecule has 3 fully saturated rings. The highest BCUT2D eigenvalue weighted by molar-refractivity contribution is 5.69. The first kappa shape index (κ1) is 15.5. The molecule has 2 aromatic carbocycles. The first-order valence-corrected chi connectivity index (χ1v) is 9.04. The smallest absolute Gasteiger partial charge is 0.151 e. The molecule has 1 atom stereocenters. The Hall–Kier alpha value is -2.06. The van der Waals surface area contributed by atoms with E-state index in [-0.39, 0.29) is 0 Å². The molecule has 124 valence electrons. The average molecular weight is 320 g/mol. The van der Waals surface area contributed by atoms with Crippen molar-refractivity contribution in [2.75, 3.05) is 26.7 Å². The van der Waals surface area contributed by atoms with Gasteiger partial charge in [0.1, 0.15) is 12.3 Å². The minimum absolute atomic E-state index is 0.392. The van der Waals surface area contributed by atoms with Gasteiger partial charge < -0.3 is 9.22 Å². The van der Waals surface area contributed by atoms with Crippen LogP contribution in [0.3, 0.4) is 0 Å². The summed E-state index contributed by atoms with van der Waals surface area (Å²) in [5.41, 5.74) is 2.43. The molecule has 2 aromatic rings. The van der Waals surface area contributed by atoms with Crippen LogP contribution >= 0.6 is 0 Å². The van der Waals surface area contributed by atoms with Gasteiger partial charge in [-0.05, 0) is 23.3 Å². The number of hydrogen-bond acceptors (Lipinski definition) is 1. The SMILES string of the molecule is C[N+]12CCC(CC1)C(Oc1ccc(/C=C/c3ccccc3)cc1)C2. The minimum atomic E-state index is 0.392. The van der Waals surface area contributed by atoms with Gasteiger partial charge in [-0.25, -0.2) is 0 Å². The molecule has 3 aliphatic rings. The Morgan fingerprint density at radius 3 is 2.12 bits per heavy atom. The van der Waals surface area contributed by atoms with Gasteiger partial charge in [0.05, 0.1) is 20.1 Å². The van der Waals surface area contributed by atoms with Crippen LogP contribution in [-0.4, -0.2) is 37.3 Å². The van der Waals surface area contributed by atoms with Crippen LogP contribution in [0, 0.1) is 5.92 Å². The lowest BCUT2D eigenvalue weighted by molar-refractivity contribution is -0.928. The molecule has 5 rings (SSSR count). The zero-order valence-corrected chi connectivity index (χ0v) is 14.4. The molecule has 2 nitrogen and oxygen atoms in total. The van der Waals surface area contributed by atoms with E-state index in [1.165, 1.54) is 48.1 Å². The summed E-state index contributed by atoms with van der Waals surface area (Å²) in [6, 6.07) is 18.9. The van der Waals surface area contributed by atoms with Crippen molar-refractivity contribution >= 4 is 12.2 Å². The standard InChI is InChI=1S/C22H26NO/c1-23-15-13-20(14-16-23)22(17-23)24-21-11-9-19(10-12-21)8-7-18-5-3-2-4-6-18/h2-12,20,22H,13-17H2,1H3/q+1/b8-7+. The van der Waals surface area contributed by atoms with Crippen molar-refractivity contribution in [3.63, 3.8) is 0 Å². The lowest BCUT2D eigenvalue weighted by Gasteiger charge is -2.50. The maximum atomic E-state index is 6.33. The van der Waals surface area contributed by atoms with Crippen molar-refractivity contribution in [2.24, 2.45) is 5.92 Å². The minimum Gasteiger partial charge on any atom is -0.484 e. The molecular formula is C22H26NO+. The third kappa shape index (κ3) is 3.39. The molecule has 2 heteroatoms. The zero-order chi connectivity index (χ0) is 16.4. The van der Waals surface area contributed by atoms with Gasteiger partial charge >= 0.3 is 0 Å². The molecule has 24 heavy (non-hydrogen) atoms. The summed E-state index contributed by atoms with van der Waals surface area (Å²) in [4.78, 5) is 0. The van der Waals surface area contributed by atoms with Crippen molar-refractivity contribution in [1.82, 2.24) is 0 Å². The van der Waals surface area contributed by atoms with Gasteiger partial charge in [0.2, 0.25) is 0 Å². The molecule has 2 bridgehead atoms. The molecule has 0 N–H and O–H groups in total. The second kappa shape index (κ2) is 6.45. The van der Waals surface area contributed by atoms with E-state index in [9.17, 15) is 0 Å². The van der Waals surface area contributed by atoms with Crippen LogP contribution in [0.15, 0.2) is 54.6 Å². The number of ether oxygens (including phenoxy) is 1. The first-order valence-electron chi connectivity index (χ1n) is 9.04. The highest BCUT2D eigenvalue weighted by atomic mass is 16.5. The number of nitrogens with zero attached hydrogens (tertiary/aromatic N) is 1. The van der Waals surface area contributed by atoms with E-state index in [2.05, 4.69) is 67.7 Å². The largest absolute Gasteiger partial charge is 0.484 e. The maximum Gasteiger partial charge on any atom is 0.151 e. The van der Waals surface area contributed by atoms with Crippen LogP contribution in [0.25, 0.3) is 12.2 Å². The van der Waals surface area contributed by atoms with Crippen molar-refractivity contribution in [2.45, 2.75) is 18.9 Å². The van der Waals surface area contributed by atoms with E-state index in [0.717, 1.165) is 11.7 Å². The monoisotopic (exact) mass is 320 g/mol. The van der Waals surface area contributed by atoms with E-state index >= 15 is 0 Å². The van der Waals surface area contributed by atoms with E-state index in [1.807, 2.05) is 6.07 Å². The lowest BCUT2D eigenvalue weighted by atomic mass is 9.84. The summed E-state index contributed by atoms with van der Waals surface area (Å²) in [5.74, 6) is 1.76. The van der Waals surface area contributed by atoms with Crippen LogP contribution in [0.2, 0.25) is 0 Å². The van der Waals surface area contributed by atoms with E-state index < -0.39 is 0 Å². The summed E-state index contributed by atoms with van der Waals surface area (Å²) in [6.07, 6.45) is 7.33. The third-order valence-electron chi connectivity index (χ3n) is 5.66. The van der Waals surface area contributed by atoms with Crippen molar-refractivity contribution in [3.05, 3.63) is 65.7 Å². The number of fused-ring (bicyclic) bond motifs is 3. The number of quaternary nitrogens is 1. The highest BCUT2D eigenvalue weighted by Gasteiger charge is 2.44. The normalized spacial score (nSPS) is 29.0. The fourth-order valence-electron chi connectivity index (χ4n) is 4.07. The molecule has 0 aliphatic carbocycles. The number of likely N-dealkylation sites (N-methyl/N-ethyl adjacent to an activating group) is 1. The van der Waals surface area contributed by atoms with Crippen molar-refractivity contribution < 1.29 is 9.22 Å². The van der Waals surface area contributed by atoms with Crippen molar-refractivity contribution in [1.29, 1.82) is 0 Å². The van der Waals surface area contributed by atoms with E-state index in [0.29, 0.717) is 6.10 Å². The highest BCUT2D eigenvalue weighted by Crippen LogP contribution is 2.34. The third-order valence-corrected chi connectivity index (χ3v) is 5.66. The molecule has 3 heterocycles. The predicted octanol–water partition coefficient (Wildman–Crippen LogP) is 4.47. The Bertz CT molecular complexity index is 697. The molecule has 0 aromatic heterocycles. The first-order chi connectivity index (χ1) is 11.7. The summed E-state index contributed by atoms with van der Waals surface area (Å²) in [5, 5.41) is 0. The fourth-order valence-corrected chi connectivity index (χ4v) is 4.07. The van der Waals surface area contributed by atoms with E-state index in [4.69, 9.17) is 4.74 Å². The molecule has 3 aliphatic heterocycles. The number of hydrogen-bond donors (Lipinski definition) is 0. The quantitative estimate of drug-likeness (QED) is 0.596. The average Bonchev–Trinajstić information content (AvgIpc) is 2.62. The summed E-state index contributed by atoms with van der Waals surface area (Å²) < 4.78 is 7.53. The zero-order valence-electron chi connectivity index (χ0n) is 14.4. The predicted molar refractivity (Wildman–Crippen MR) is 99.7 cm³/mol. The molecule has 1 unspecified atom stereocenters. The lowest BCUT2D eigenvalue weighted by Crippen LogP contribution is -2.62. The Labute approximate surface area is 145 Å². The van der Waals surface area contributed by atoms with Gasteiger partial charge in [-0.15, -0.1) is 0 Å². The summed E-state index contributed by atoms with van der Waals surface area (Å²) in [6.45, 7) is 3.82. The molecular weight excluding hydrogens is 294 g/mol. The maximum absolute atomic E-state index is 6.33. The Morgan fingerprint density at radius 2 is 1.50 bits per heavy atom. The number of piperidine rings is 3. The van der Waals surface area contributed by atoms with Gasteiger partial charge in [-0.1, -0.05) is 54.6 Å². The Balaban J connectivity index is 1.40. The van der Waals surface area contributed by atoms with Gasteiger partial charge in [-0.2, -0.15) is 0 Å². The van der Waals surface area contributed by atoms with Crippen molar-refractivity contribution in [3.8, 4) is 5.75 Å². The molecule has 0 amide bonds. The topological polar surface area (TPSA) is 9.23 Å². The van der Waals surface area contributed by atoms with Gasteiger partial charge in [-0.3, -0.25) is 0 Å². The van der Waals surface area contributed by atoms with Crippen LogP contribution in [-0.2, 0) is 0 Å². The summed E-state index contributed by atoms with van der Waals surface area (Å²) in [7, 11) is 2.38. The van der Waals surface area contributed by atoms with Gasteiger partial charge in [0.15, 0.2) is 6.10 Å². The van der Waals surface area contributed by atoms with Crippen LogP contribution in [0.1, 0.15) is 24.0 Å². The summed E-state index contributed by atoms with van der Waals surface area (Å²) >= 11 is 0. The number of rotatable bonds is 4. The second-order valence-electron chi connectivity index (χ2n) is 7.56. The van der Waals surface area contributed by atoms with E-state index in [1.54, 1.807) is 0 Å². The Kier molecular flexibility index (Phi) is 4.15. The van der Waals surface area contributed by atoms with Crippen LogP contribution in [0.4, 0.5) is 0 Å². The molecule has 3 saturated heterocycles. The van der Waals surface area contributed by atoms with Gasteiger partial charge in [0.25, 0.3) is 0 Å². The Morgan fingerprint density at radius 1 is 0.875 bits per heavy atom. The second-order valence-corrected chi connectivity index (χ2v) is 7.56. The molecule has 0 spiro atoms. The molecule has 0 saturated carbocycles. The van der Waals surface area contributed by atoms with Gasteiger partial charge in [0, 0.05) is 18.8 Å². The number of benzene rings is 2.